The zero-order valence-corrected chi connectivity index (χ0v) is 9.51. The molecule has 1 unspecified atom stereocenters. The van der Waals surface area contributed by atoms with Crippen LogP contribution in [0.4, 0.5) is 0 Å². The van der Waals surface area contributed by atoms with E-state index in [1.165, 1.54) is 19.3 Å². The average Bonchev–Trinajstić information content (AvgIpc) is 1.79. The van der Waals surface area contributed by atoms with Gasteiger partial charge in [-0.3, -0.25) is 0 Å². The van der Waals surface area contributed by atoms with Crippen LogP contribution in [-0.4, -0.2) is 10.7 Å². The summed E-state index contributed by atoms with van der Waals surface area (Å²) < 4.78 is 0. The zero-order valence-electron chi connectivity index (χ0n) is 9.51. The molecule has 13 heavy (non-hydrogen) atoms. The van der Waals surface area contributed by atoms with Crippen molar-refractivity contribution in [3.05, 3.63) is 0 Å². The molecule has 1 heteroatoms. The Labute approximate surface area is 82.5 Å². The van der Waals surface area contributed by atoms with Gasteiger partial charge in [-0.15, -0.1) is 0 Å². The van der Waals surface area contributed by atoms with E-state index in [0.29, 0.717) is 17.8 Å². The van der Waals surface area contributed by atoms with Gasteiger partial charge in [-0.05, 0) is 37.0 Å². The van der Waals surface area contributed by atoms with Crippen LogP contribution in [0.5, 0.6) is 0 Å². The first kappa shape index (κ1) is 11.0. The molecule has 1 N–H and O–H groups in total. The van der Waals surface area contributed by atoms with Crippen molar-refractivity contribution in [2.45, 2.75) is 59.0 Å². The molecule has 1 aliphatic carbocycles. The van der Waals surface area contributed by atoms with Crippen molar-refractivity contribution < 1.29 is 5.11 Å². The number of hydrogen-bond donors (Lipinski definition) is 1. The second kappa shape index (κ2) is 4.00. The fourth-order valence-electron chi connectivity index (χ4n) is 2.44. The van der Waals surface area contributed by atoms with Crippen LogP contribution in [-0.2, 0) is 0 Å². The van der Waals surface area contributed by atoms with Gasteiger partial charge in [0.1, 0.15) is 0 Å². The third-order valence-corrected chi connectivity index (χ3v) is 3.55. The monoisotopic (exact) mass is 184 g/mol. The molecular weight excluding hydrogens is 160 g/mol. The van der Waals surface area contributed by atoms with E-state index in [9.17, 15) is 5.11 Å². The van der Waals surface area contributed by atoms with Gasteiger partial charge in [-0.25, -0.2) is 0 Å². The topological polar surface area (TPSA) is 20.2 Å². The summed E-state index contributed by atoms with van der Waals surface area (Å²) >= 11 is 0. The van der Waals surface area contributed by atoms with Crippen molar-refractivity contribution in [1.29, 1.82) is 0 Å². The van der Waals surface area contributed by atoms with Crippen LogP contribution in [0.1, 0.15) is 53.4 Å². The van der Waals surface area contributed by atoms with Gasteiger partial charge in [0.25, 0.3) is 0 Å². The first-order valence-corrected chi connectivity index (χ1v) is 5.69. The van der Waals surface area contributed by atoms with Crippen molar-refractivity contribution >= 4 is 0 Å². The average molecular weight is 184 g/mol. The minimum absolute atomic E-state index is 0.383. The molecule has 1 atom stereocenters. The fraction of sp³-hybridized carbons (Fsp3) is 1.00. The Morgan fingerprint density at radius 2 is 1.77 bits per heavy atom. The van der Waals surface area contributed by atoms with Crippen LogP contribution in [0, 0.1) is 17.8 Å². The third kappa shape index (κ3) is 2.25. The van der Waals surface area contributed by atoms with Crippen LogP contribution < -0.4 is 0 Å². The predicted octanol–water partition coefficient (Wildman–Crippen LogP) is 3.22. The largest absolute Gasteiger partial charge is 0.389 e. The first-order valence-electron chi connectivity index (χ1n) is 5.69. The summed E-state index contributed by atoms with van der Waals surface area (Å²) in [5, 5.41) is 10.6. The molecule has 0 saturated heterocycles. The standard InChI is InChI=1S/C12H24O/c1-9(2)8-12(13,10(3)4)11-6-5-7-11/h9-11,13H,5-8H2,1-4H3. The molecule has 1 aliphatic rings. The molecule has 1 nitrogen and oxygen atoms in total. The second-order valence-corrected chi connectivity index (χ2v) is 5.37. The molecule has 0 aliphatic heterocycles. The van der Waals surface area contributed by atoms with Crippen LogP contribution in [0.25, 0.3) is 0 Å². The van der Waals surface area contributed by atoms with E-state index in [1.54, 1.807) is 0 Å². The highest BCUT2D eigenvalue weighted by Gasteiger charge is 2.42. The molecule has 1 rings (SSSR count). The third-order valence-electron chi connectivity index (χ3n) is 3.55. The number of aliphatic hydroxyl groups is 1. The maximum atomic E-state index is 10.6. The SMILES string of the molecule is CC(C)CC(O)(C(C)C)C1CCC1. The quantitative estimate of drug-likeness (QED) is 0.711. The van der Waals surface area contributed by atoms with Crippen molar-refractivity contribution in [2.24, 2.45) is 17.8 Å². The van der Waals surface area contributed by atoms with Crippen LogP contribution >= 0.6 is 0 Å². The lowest BCUT2D eigenvalue weighted by Crippen LogP contribution is -2.47. The smallest absolute Gasteiger partial charge is 0.0701 e. The highest BCUT2D eigenvalue weighted by molar-refractivity contribution is 4.93. The van der Waals surface area contributed by atoms with Crippen LogP contribution in [0.15, 0.2) is 0 Å². The Bertz CT molecular complexity index is 159. The Kier molecular flexibility index (Phi) is 3.39. The van der Waals surface area contributed by atoms with E-state index < -0.39 is 0 Å². The molecule has 0 heterocycles. The van der Waals surface area contributed by atoms with E-state index in [4.69, 9.17) is 0 Å². The van der Waals surface area contributed by atoms with E-state index in [1.807, 2.05) is 0 Å². The highest BCUT2D eigenvalue weighted by Crippen LogP contribution is 2.43. The summed E-state index contributed by atoms with van der Waals surface area (Å²) in [6.45, 7) is 8.71. The van der Waals surface area contributed by atoms with Gasteiger partial charge < -0.3 is 5.11 Å². The normalized spacial score (nSPS) is 23.3. The maximum absolute atomic E-state index is 10.6. The van der Waals surface area contributed by atoms with Gasteiger partial charge in [0.05, 0.1) is 5.60 Å². The molecule has 0 aromatic carbocycles. The van der Waals surface area contributed by atoms with Crippen LogP contribution in [0.3, 0.4) is 0 Å². The summed E-state index contributed by atoms with van der Waals surface area (Å²) in [5.74, 6) is 1.59. The summed E-state index contributed by atoms with van der Waals surface area (Å²) in [6, 6.07) is 0. The lowest BCUT2D eigenvalue weighted by atomic mass is 9.65. The van der Waals surface area contributed by atoms with Crippen molar-refractivity contribution in [3.63, 3.8) is 0 Å². The van der Waals surface area contributed by atoms with E-state index in [0.717, 1.165) is 6.42 Å². The van der Waals surface area contributed by atoms with Gasteiger partial charge >= 0.3 is 0 Å². The molecule has 0 spiro atoms. The molecule has 1 saturated carbocycles. The lowest BCUT2D eigenvalue weighted by molar-refractivity contribution is -0.0993. The predicted molar refractivity (Wildman–Crippen MR) is 56.6 cm³/mol. The van der Waals surface area contributed by atoms with Gasteiger partial charge in [0, 0.05) is 0 Å². The molecule has 1 fully saturated rings. The van der Waals surface area contributed by atoms with Gasteiger partial charge in [0.2, 0.25) is 0 Å². The van der Waals surface area contributed by atoms with Gasteiger partial charge in [-0.2, -0.15) is 0 Å². The van der Waals surface area contributed by atoms with Crippen molar-refractivity contribution in [3.8, 4) is 0 Å². The molecule has 0 radical (unpaired) electrons. The van der Waals surface area contributed by atoms with Gasteiger partial charge in [-0.1, -0.05) is 34.1 Å². The zero-order chi connectivity index (χ0) is 10.1. The van der Waals surface area contributed by atoms with E-state index in [2.05, 4.69) is 27.7 Å². The van der Waals surface area contributed by atoms with E-state index >= 15 is 0 Å². The summed E-state index contributed by atoms with van der Waals surface area (Å²) in [4.78, 5) is 0. The summed E-state index contributed by atoms with van der Waals surface area (Å²) in [7, 11) is 0. The van der Waals surface area contributed by atoms with Crippen molar-refractivity contribution in [1.82, 2.24) is 0 Å². The Morgan fingerprint density at radius 3 is 2.00 bits per heavy atom. The number of rotatable bonds is 4. The molecular formula is C12H24O. The summed E-state index contributed by atoms with van der Waals surface area (Å²) in [5.41, 5.74) is -0.383. The lowest BCUT2D eigenvalue weighted by Gasteiger charge is -2.45. The van der Waals surface area contributed by atoms with Gasteiger partial charge in [0.15, 0.2) is 0 Å². The minimum atomic E-state index is -0.383. The molecule has 0 aromatic heterocycles. The Balaban J connectivity index is 2.61. The fourth-order valence-corrected chi connectivity index (χ4v) is 2.44. The minimum Gasteiger partial charge on any atom is -0.389 e. The first-order chi connectivity index (χ1) is 5.97. The highest BCUT2D eigenvalue weighted by atomic mass is 16.3. The molecule has 0 aromatic rings. The van der Waals surface area contributed by atoms with E-state index in [-0.39, 0.29) is 5.60 Å². The maximum Gasteiger partial charge on any atom is 0.0701 e. The molecule has 0 amide bonds. The Hall–Kier alpha value is -0.0400. The van der Waals surface area contributed by atoms with Crippen molar-refractivity contribution in [2.75, 3.05) is 0 Å². The Morgan fingerprint density at radius 1 is 1.23 bits per heavy atom. The molecule has 0 bridgehead atoms. The van der Waals surface area contributed by atoms with Crippen LogP contribution in [0.2, 0.25) is 0 Å². The second-order valence-electron chi connectivity index (χ2n) is 5.37. The summed E-state index contributed by atoms with van der Waals surface area (Å²) in [6.07, 6.45) is 4.76. The molecule has 78 valence electrons. The number of hydrogen-bond acceptors (Lipinski definition) is 1.